The van der Waals surface area contributed by atoms with Gasteiger partial charge in [-0.1, -0.05) is 17.4 Å². The second-order valence-corrected chi connectivity index (χ2v) is 6.00. The molecule has 3 rings (SSSR count). The van der Waals surface area contributed by atoms with Crippen LogP contribution in [0.1, 0.15) is 19.8 Å². The maximum Gasteiger partial charge on any atom is 0.308 e. The van der Waals surface area contributed by atoms with E-state index < -0.39 is 5.97 Å². The molecular weight excluding hydrogens is 280 g/mol. The van der Waals surface area contributed by atoms with Gasteiger partial charge in [0.15, 0.2) is 0 Å². The van der Waals surface area contributed by atoms with E-state index >= 15 is 0 Å². The van der Waals surface area contributed by atoms with Gasteiger partial charge in [0.05, 0.1) is 18.0 Å². The van der Waals surface area contributed by atoms with Gasteiger partial charge in [0.1, 0.15) is 5.52 Å². The van der Waals surface area contributed by atoms with Crippen molar-refractivity contribution in [2.45, 2.75) is 26.3 Å². The molecule has 116 valence electrons. The first-order valence-corrected chi connectivity index (χ1v) is 7.50. The van der Waals surface area contributed by atoms with Gasteiger partial charge in [-0.2, -0.15) is 0 Å². The molecular formula is C16H20N4O2. The van der Waals surface area contributed by atoms with E-state index in [-0.39, 0.29) is 5.92 Å². The van der Waals surface area contributed by atoms with Crippen molar-refractivity contribution in [1.29, 1.82) is 0 Å². The van der Waals surface area contributed by atoms with Gasteiger partial charge in [0.25, 0.3) is 0 Å². The number of aliphatic carboxylic acids is 1. The zero-order valence-electron chi connectivity index (χ0n) is 12.7. The molecule has 0 amide bonds. The standard InChI is InChI=1S/C16H20N4O2/c1-11(2)9-20-15-6-5-13(8-14(15)17-18-20)19-7-3-4-12(10-19)16(21)22/h5-6,8,12H,1,3-4,7,9-10H2,2H3,(H,21,22). The number of carbonyl (C=O) groups is 1. The third-order valence-electron chi connectivity index (χ3n) is 4.05. The predicted molar refractivity (Wildman–Crippen MR) is 84.9 cm³/mol. The number of carboxylic acid groups (broad SMARTS) is 1. The summed E-state index contributed by atoms with van der Waals surface area (Å²) in [6.07, 6.45) is 1.65. The lowest BCUT2D eigenvalue weighted by atomic mass is 9.98. The summed E-state index contributed by atoms with van der Waals surface area (Å²) in [5, 5.41) is 17.6. The highest BCUT2D eigenvalue weighted by Gasteiger charge is 2.25. The van der Waals surface area contributed by atoms with Crippen LogP contribution in [-0.4, -0.2) is 39.2 Å². The van der Waals surface area contributed by atoms with Crippen LogP contribution in [0.4, 0.5) is 5.69 Å². The molecule has 0 radical (unpaired) electrons. The molecule has 0 aliphatic carbocycles. The molecule has 1 unspecified atom stereocenters. The molecule has 6 nitrogen and oxygen atoms in total. The second kappa shape index (κ2) is 5.79. The van der Waals surface area contributed by atoms with E-state index in [1.54, 1.807) is 0 Å². The molecule has 1 aliphatic heterocycles. The fourth-order valence-electron chi connectivity index (χ4n) is 2.94. The van der Waals surface area contributed by atoms with Crippen LogP contribution in [-0.2, 0) is 11.3 Å². The lowest BCUT2D eigenvalue weighted by Gasteiger charge is -2.32. The van der Waals surface area contributed by atoms with E-state index in [0.29, 0.717) is 13.1 Å². The number of piperidine rings is 1. The monoisotopic (exact) mass is 300 g/mol. The SMILES string of the molecule is C=C(C)Cn1nnc2cc(N3CCCC(C(=O)O)C3)ccc21. The number of benzene rings is 1. The summed E-state index contributed by atoms with van der Waals surface area (Å²) in [7, 11) is 0. The Labute approximate surface area is 129 Å². The minimum atomic E-state index is -0.710. The van der Waals surface area contributed by atoms with Crippen molar-refractivity contribution in [3.05, 3.63) is 30.4 Å². The van der Waals surface area contributed by atoms with E-state index in [9.17, 15) is 9.90 Å². The largest absolute Gasteiger partial charge is 0.481 e. The molecule has 1 aliphatic rings. The van der Waals surface area contributed by atoms with Crippen molar-refractivity contribution in [3.63, 3.8) is 0 Å². The third kappa shape index (κ3) is 2.81. The minimum absolute atomic E-state index is 0.288. The number of carboxylic acids is 1. The highest BCUT2D eigenvalue weighted by atomic mass is 16.4. The van der Waals surface area contributed by atoms with Crippen molar-refractivity contribution in [3.8, 4) is 0 Å². The first-order valence-electron chi connectivity index (χ1n) is 7.50. The Balaban J connectivity index is 1.86. The smallest absolute Gasteiger partial charge is 0.308 e. The third-order valence-corrected chi connectivity index (χ3v) is 4.05. The average molecular weight is 300 g/mol. The number of hydrogen-bond acceptors (Lipinski definition) is 4. The highest BCUT2D eigenvalue weighted by molar-refractivity contribution is 5.79. The molecule has 1 aromatic carbocycles. The van der Waals surface area contributed by atoms with Gasteiger partial charge in [-0.05, 0) is 38.0 Å². The van der Waals surface area contributed by atoms with E-state index in [0.717, 1.165) is 41.7 Å². The van der Waals surface area contributed by atoms with Crippen molar-refractivity contribution in [2.75, 3.05) is 18.0 Å². The molecule has 2 aromatic rings. The van der Waals surface area contributed by atoms with Gasteiger partial charge >= 0.3 is 5.97 Å². The van der Waals surface area contributed by atoms with Crippen molar-refractivity contribution >= 4 is 22.7 Å². The quantitative estimate of drug-likeness (QED) is 0.877. The number of fused-ring (bicyclic) bond motifs is 1. The van der Waals surface area contributed by atoms with Crippen LogP contribution in [0.15, 0.2) is 30.4 Å². The minimum Gasteiger partial charge on any atom is -0.481 e. The fraction of sp³-hybridized carbons (Fsp3) is 0.438. The second-order valence-electron chi connectivity index (χ2n) is 6.00. The highest BCUT2D eigenvalue weighted by Crippen LogP contribution is 2.26. The van der Waals surface area contributed by atoms with Gasteiger partial charge in [0.2, 0.25) is 0 Å². The first kappa shape index (κ1) is 14.6. The Bertz CT molecular complexity index is 722. The van der Waals surface area contributed by atoms with E-state index in [1.165, 1.54) is 0 Å². The summed E-state index contributed by atoms with van der Waals surface area (Å²) in [5.74, 6) is -0.998. The molecule has 1 N–H and O–H groups in total. The molecule has 22 heavy (non-hydrogen) atoms. The molecule has 0 saturated carbocycles. The van der Waals surface area contributed by atoms with Crippen LogP contribution < -0.4 is 4.90 Å². The van der Waals surface area contributed by atoms with E-state index in [4.69, 9.17) is 0 Å². The fourth-order valence-corrected chi connectivity index (χ4v) is 2.94. The Hall–Kier alpha value is -2.37. The van der Waals surface area contributed by atoms with Crippen molar-refractivity contribution < 1.29 is 9.90 Å². The van der Waals surface area contributed by atoms with Gasteiger partial charge in [-0.25, -0.2) is 4.68 Å². The summed E-state index contributed by atoms with van der Waals surface area (Å²) in [6.45, 7) is 7.95. The maximum atomic E-state index is 11.2. The van der Waals surface area contributed by atoms with Crippen LogP contribution in [0, 0.1) is 5.92 Å². The number of allylic oxidation sites excluding steroid dienone is 1. The summed E-state index contributed by atoms with van der Waals surface area (Å²) < 4.78 is 1.83. The summed E-state index contributed by atoms with van der Waals surface area (Å²) in [4.78, 5) is 13.3. The molecule has 6 heteroatoms. The van der Waals surface area contributed by atoms with Gasteiger partial charge in [-0.3, -0.25) is 4.79 Å². The maximum absolute atomic E-state index is 11.2. The van der Waals surface area contributed by atoms with Gasteiger partial charge < -0.3 is 10.0 Å². The van der Waals surface area contributed by atoms with Crippen LogP contribution >= 0.6 is 0 Å². The van der Waals surface area contributed by atoms with Crippen LogP contribution in [0.25, 0.3) is 11.0 Å². The Morgan fingerprint density at radius 3 is 3.05 bits per heavy atom. The topological polar surface area (TPSA) is 71.2 Å². The summed E-state index contributed by atoms with van der Waals surface area (Å²) in [5.41, 5.74) is 3.84. The van der Waals surface area contributed by atoms with Crippen molar-refractivity contribution in [1.82, 2.24) is 15.0 Å². The Morgan fingerprint density at radius 1 is 1.50 bits per heavy atom. The lowest BCUT2D eigenvalue weighted by Crippen LogP contribution is -2.38. The predicted octanol–water partition coefficient (Wildman–Crippen LogP) is 2.31. The van der Waals surface area contributed by atoms with Crippen LogP contribution in [0.2, 0.25) is 0 Å². The lowest BCUT2D eigenvalue weighted by molar-refractivity contribution is -0.141. The van der Waals surface area contributed by atoms with E-state index in [1.807, 2.05) is 29.8 Å². The summed E-state index contributed by atoms with van der Waals surface area (Å²) in [6, 6.07) is 6.00. The first-order chi connectivity index (χ1) is 10.5. The Kier molecular flexibility index (Phi) is 3.83. The number of anilines is 1. The molecule has 1 atom stereocenters. The average Bonchev–Trinajstić information content (AvgIpc) is 2.89. The number of rotatable bonds is 4. The molecule has 1 fully saturated rings. The number of nitrogens with zero attached hydrogens (tertiary/aromatic N) is 4. The number of aromatic nitrogens is 3. The Morgan fingerprint density at radius 2 is 2.32 bits per heavy atom. The normalized spacial score (nSPS) is 18.6. The van der Waals surface area contributed by atoms with E-state index in [2.05, 4.69) is 21.8 Å². The van der Waals surface area contributed by atoms with Crippen LogP contribution in [0.3, 0.4) is 0 Å². The molecule has 2 heterocycles. The summed E-state index contributed by atoms with van der Waals surface area (Å²) >= 11 is 0. The van der Waals surface area contributed by atoms with Gasteiger partial charge in [0, 0.05) is 18.8 Å². The van der Waals surface area contributed by atoms with Gasteiger partial charge in [-0.15, -0.1) is 5.10 Å². The van der Waals surface area contributed by atoms with Crippen molar-refractivity contribution in [2.24, 2.45) is 5.92 Å². The number of hydrogen-bond donors (Lipinski definition) is 1. The molecule has 1 saturated heterocycles. The molecule has 1 aromatic heterocycles. The molecule has 0 bridgehead atoms. The van der Waals surface area contributed by atoms with Crippen LogP contribution in [0.5, 0.6) is 0 Å². The zero-order chi connectivity index (χ0) is 15.7. The molecule has 0 spiro atoms. The zero-order valence-corrected chi connectivity index (χ0v) is 12.7.